The molecule has 0 saturated carbocycles. The zero-order chi connectivity index (χ0) is 16.2. The third kappa shape index (κ3) is 6.96. The fourth-order valence-electron chi connectivity index (χ4n) is 2.37. The van der Waals surface area contributed by atoms with E-state index < -0.39 is 0 Å². The van der Waals surface area contributed by atoms with Crippen LogP contribution in [0.1, 0.15) is 71.0 Å². The molecular weight excluding hydrogens is 274 g/mol. The second-order valence-corrected chi connectivity index (χ2v) is 5.86. The molecule has 0 aliphatic rings. The molecule has 22 heavy (non-hydrogen) atoms. The van der Waals surface area contributed by atoms with Gasteiger partial charge < -0.3 is 16.4 Å². The first-order chi connectivity index (χ1) is 10.7. The van der Waals surface area contributed by atoms with Gasteiger partial charge in [-0.2, -0.15) is 0 Å². The Morgan fingerprint density at radius 1 is 0.773 bits per heavy atom. The number of hydrogen-bond donors (Lipinski definition) is 3. The smallest absolute Gasteiger partial charge is 0.155 e. The molecule has 0 saturated heterocycles. The number of aryl methyl sites for hydroxylation is 1. The van der Waals surface area contributed by atoms with Crippen LogP contribution in [0.4, 0.5) is 17.3 Å². The van der Waals surface area contributed by atoms with Crippen molar-refractivity contribution in [3.63, 3.8) is 0 Å². The third-order valence-electron chi connectivity index (χ3n) is 3.70. The lowest BCUT2D eigenvalue weighted by Crippen LogP contribution is -2.13. The molecule has 0 aliphatic heterocycles. The average Bonchev–Trinajstić information content (AvgIpc) is 2.50. The first-order valence-corrected chi connectivity index (χ1v) is 8.80. The molecule has 4 N–H and O–H groups in total. The van der Waals surface area contributed by atoms with Gasteiger partial charge in [0.05, 0.1) is 0 Å². The van der Waals surface area contributed by atoms with Crippen LogP contribution in [0, 0.1) is 6.92 Å². The Kier molecular flexibility index (Phi) is 9.35. The molecule has 0 spiro atoms. The molecule has 1 heterocycles. The number of hydrogen-bond acceptors (Lipinski definition) is 5. The number of nitrogens with zero attached hydrogens (tertiary/aromatic N) is 2. The molecule has 0 fully saturated rings. The molecule has 5 nitrogen and oxygen atoms in total. The van der Waals surface area contributed by atoms with Gasteiger partial charge in [0.1, 0.15) is 11.5 Å². The minimum Gasteiger partial charge on any atom is -0.393 e. The zero-order valence-corrected chi connectivity index (χ0v) is 14.5. The van der Waals surface area contributed by atoms with E-state index in [4.69, 9.17) is 5.73 Å². The van der Waals surface area contributed by atoms with E-state index in [0.717, 1.165) is 43.4 Å². The summed E-state index contributed by atoms with van der Waals surface area (Å²) in [5, 5.41) is 6.70. The van der Waals surface area contributed by atoms with Crippen LogP contribution < -0.4 is 16.4 Å². The summed E-state index contributed by atoms with van der Waals surface area (Å²) in [6.07, 6.45) is 9.86. The van der Waals surface area contributed by atoms with Gasteiger partial charge in [-0.05, 0) is 19.8 Å². The Bertz CT molecular complexity index is 385. The lowest BCUT2D eigenvalue weighted by molar-refractivity contribution is 0.683. The summed E-state index contributed by atoms with van der Waals surface area (Å²) in [6, 6.07) is 0. The van der Waals surface area contributed by atoms with Crippen LogP contribution >= 0.6 is 0 Å². The summed E-state index contributed by atoms with van der Waals surface area (Å²) in [5.74, 6) is 2.28. The average molecular weight is 307 g/mol. The molecule has 1 rings (SSSR count). The second-order valence-electron chi connectivity index (χ2n) is 5.86. The van der Waals surface area contributed by atoms with Crippen LogP contribution in [0.5, 0.6) is 0 Å². The fourth-order valence-corrected chi connectivity index (χ4v) is 2.37. The largest absolute Gasteiger partial charge is 0.393 e. The molecule has 0 aromatic carbocycles. The molecule has 126 valence electrons. The lowest BCUT2D eigenvalue weighted by atomic mass is 10.2. The predicted octanol–water partition coefficient (Wildman–Crippen LogP) is 4.35. The van der Waals surface area contributed by atoms with Crippen molar-refractivity contribution >= 4 is 17.3 Å². The molecular formula is C17H33N5. The van der Waals surface area contributed by atoms with Crippen molar-refractivity contribution in [1.82, 2.24) is 9.97 Å². The molecule has 0 amide bonds. The first-order valence-electron chi connectivity index (χ1n) is 8.80. The van der Waals surface area contributed by atoms with Gasteiger partial charge in [-0.15, -0.1) is 0 Å². The van der Waals surface area contributed by atoms with Crippen molar-refractivity contribution in [3.05, 3.63) is 5.82 Å². The zero-order valence-electron chi connectivity index (χ0n) is 14.5. The van der Waals surface area contributed by atoms with E-state index in [2.05, 4.69) is 34.4 Å². The van der Waals surface area contributed by atoms with Gasteiger partial charge in [0.15, 0.2) is 11.6 Å². The van der Waals surface area contributed by atoms with Crippen molar-refractivity contribution in [2.75, 3.05) is 29.5 Å². The quantitative estimate of drug-likeness (QED) is 0.500. The Labute approximate surface area is 135 Å². The Morgan fingerprint density at radius 3 is 1.64 bits per heavy atom. The summed E-state index contributed by atoms with van der Waals surface area (Å²) >= 11 is 0. The Hall–Kier alpha value is -1.52. The van der Waals surface area contributed by atoms with E-state index in [1.165, 1.54) is 38.5 Å². The molecule has 1 aromatic rings. The monoisotopic (exact) mass is 307 g/mol. The molecule has 0 radical (unpaired) electrons. The maximum absolute atomic E-state index is 6.18. The van der Waals surface area contributed by atoms with E-state index in [0.29, 0.717) is 5.69 Å². The van der Waals surface area contributed by atoms with Crippen LogP contribution in [0.25, 0.3) is 0 Å². The normalized spacial score (nSPS) is 10.7. The van der Waals surface area contributed by atoms with Gasteiger partial charge in [-0.3, -0.25) is 0 Å². The first kappa shape index (κ1) is 18.5. The summed E-state index contributed by atoms with van der Waals surface area (Å²) in [6.45, 7) is 8.17. The van der Waals surface area contributed by atoms with E-state index in [-0.39, 0.29) is 0 Å². The highest BCUT2D eigenvalue weighted by Crippen LogP contribution is 2.24. The van der Waals surface area contributed by atoms with Crippen LogP contribution in [0.2, 0.25) is 0 Å². The van der Waals surface area contributed by atoms with Crippen molar-refractivity contribution in [3.8, 4) is 0 Å². The third-order valence-corrected chi connectivity index (χ3v) is 3.70. The molecule has 0 aliphatic carbocycles. The van der Waals surface area contributed by atoms with E-state index in [9.17, 15) is 0 Å². The fraction of sp³-hybridized carbons (Fsp3) is 0.765. The summed E-state index contributed by atoms with van der Waals surface area (Å²) in [7, 11) is 0. The molecule has 0 unspecified atom stereocenters. The van der Waals surface area contributed by atoms with Crippen LogP contribution in [-0.2, 0) is 0 Å². The second kappa shape index (κ2) is 11.1. The minimum absolute atomic E-state index is 0.636. The number of unbranched alkanes of at least 4 members (excludes halogenated alkanes) is 6. The number of nitrogens with one attached hydrogen (secondary N) is 2. The van der Waals surface area contributed by atoms with E-state index in [1.807, 2.05) is 6.92 Å². The maximum atomic E-state index is 6.18. The van der Waals surface area contributed by atoms with Crippen molar-refractivity contribution < 1.29 is 0 Å². The highest BCUT2D eigenvalue weighted by Gasteiger charge is 2.09. The van der Waals surface area contributed by atoms with Gasteiger partial charge in [0.2, 0.25) is 0 Å². The molecule has 5 heteroatoms. The van der Waals surface area contributed by atoms with Crippen molar-refractivity contribution in [2.45, 2.75) is 72.1 Å². The van der Waals surface area contributed by atoms with Crippen LogP contribution in [0.3, 0.4) is 0 Å². The number of nitrogens with two attached hydrogens (primary N) is 1. The summed E-state index contributed by atoms with van der Waals surface area (Å²) in [5.41, 5.74) is 6.82. The van der Waals surface area contributed by atoms with Crippen LogP contribution in [0.15, 0.2) is 0 Å². The van der Waals surface area contributed by atoms with E-state index in [1.54, 1.807) is 0 Å². The predicted molar refractivity (Wildman–Crippen MR) is 96.4 cm³/mol. The van der Waals surface area contributed by atoms with Gasteiger partial charge in [0, 0.05) is 13.1 Å². The summed E-state index contributed by atoms with van der Waals surface area (Å²) in [4.78, 5) is 8.84. The highest BCUT2D eigenvalue weighted by molar-refractivity contribution is 5.74. The van der Waals surface area contributed by atoms with Gasteiger partial charge in [-0.25, -0.2) is 9.97 Å². The standard InChI is InChI=1S/C17H33N5/c1-4-6-8-10-12-19-16-15(18)17(22-14(3)21-16)20-13-11-9-7-5-2/h4-13,18H2,1-3H3,(H2,19,20,21,22). The van der Waals surface area contributed by atoms with Gasteiger partial charge >= 0.3 is 0 Å². The van der Waals surface area contributed by atoms with Crippen molar-refractivity contribution in [2.24, 2.45) is 0 Å². The molecule has 1 aromatic heterocycles. The maximum Gasteiger partial charge on any atom is 0.155 e. The molecule has 0 bridgehead atoms. The van der Waals surface area contributed by atoms with E-state index >= 15 is 0 Å². The minimum atomic E-state index is 0.636. The summed E-state index contributed by atoms with van der Waals surface area (Å²) < 4.78 is 0. The number of nitrogen functional groups attached to an aromatic ring is 1. The number of aromatic nitrogens is 2. The SMILES string of the molecule is CCCCCCNc1nc(C)nc(NCCCCCC)c1N. The Morgan fingerprint density at radius 2 is 1.23 bits per heavy atom. The lowest BCUT2D eigenvalue weighted by Gasteiger charge is -2.14. The molecule has 0 atom stereocenters. The van der Waals surface area contributed by atoms with Crippen LogP contribution in [-0.4, -0.2) is 23.1 Å². The topological polar surface area (TPSA) is 75.9 Å². The van der Waals surface area contributed by atoms with Gasteiger partial charge in [0.25, 0.3) is 0 Å². The van der Waals surface area contributed by atoms with Gasteiger partial charge in [-0.1, -0.05) is 52.4 Å². The number of anilines is 3. The number of rotatable bonds is 12. The Balaban J connectivity index is 2.48. The highest BCUT2D eigenvalue weighted by atomic mass is 15.1. The van der Waals surface area contributed by atoms with Crippen molar-refractivity contribution in [1.29, 1.82) is 0 Å².